The molecule has 64 heavy (non-hydrogen) atoms. The molecule has 5 aliphatic rings. The molecule has 1 amide bonds. The number of aliphatic hydroxyl groups excluding tert-OH is 1. The molecule has 1 saturated carbocycles. The van der Waals surface area contributed by atoms with Crippen LogP contribution in [0.5, 0.6) is 0 Å². The number of carbonyl (C=O) groups excluding carboxylic acids is 5. The number of amides is 1. The van der Waals surface area contributed by atoms with Crippen molar-refractivity contribution < 1.29 is 62.6 Å². The molecular formula is C50H75NO13. The first kappa shape index (κ1) is 51.6. The minimum absolute atomic E-state index is 0.0103. The lowest BCUT2D eigenvalue weighted by atomic mass is 9.78. The quantitative estimate of drug-likeness (QED) is 0.181. The third kappa shape index (κ3) is 12.5. The number of piperidine rings is 1. The number of hydrogen-bond acceptors (Lipinski definition) is 13. The number of fused-ring (bicyclic) bond motifs is 5. The third-order valence-corrected chi connectivity index (χ3v) is 14.5. The maximum Gasteiger partial charge on any atom is 0.329 e. The Hall–Kier alpha value is -3.37. The number of ketones is 3. The molecule has 4 fully saturated rings. The Morgan fingerprint density at radius 2 is 1.62 bits per heavy atom. The second-order valence-electron chi connectivity index (χ2n) is 19.3. The van der Waals surface area contributed by atoms with Crippen LogP contribution in [0.4, 0.5) is 0 Å². The zero-order chi connectivity index (χ0) is 46.9. The number of methoxy groups -OCH3 is 3. The molecule has 0 aromatic rings. The highest BCUT2D eigenvalue weighted by molar-refractivity contribution is 6.39. The van der Waals surface area contributed by atoms with Crippen molar-refractivity contribution >= 4 is 29.2 Å². The van der Waals surface area contributed by atoms with E-state index in [9.17, 15) is 34.2 Å². The van der Waals surface area contributed by atoms with Crippen molar-refractivity contribution in [3.05, 3.63) is 47.6 Å². The van der Waals surface area contributed by atoms with Crippen LogP contribution in [0, 0.1) is 29.6 Å². The highest BCUT2D eigenvalue weighted by Gasteiger charge is 2.53. The number of allylic oxidation sites excluding steroid dienone is 6. The minimum Gasteiger partial charge on any atom is -0.460 e. The Morgan fingerprint density at radius 1 is 0.875 bits per heavy atom. The van der Waals surface area contributed by atoms with E-state index in [1.54, 1.807) is 34.1 Å². The van der Waals surface area contributed by atoms with Crippen molar-refractivity contribution in [2.75, 3.05) is 27.9 Å². The van der Waals surface area contributed by atoms with Crippen LogP contribution < -0.4 is 0 Å². The van der Waals surface area contributed by atoms with Crippen molar-refractivity contribution in [2.24, 2.45) is 29.6 Å². The average Bonchev–Trinajstić information content (AvgIpc) is 3.59. The number of ether oxygens (including phenoxy) is 6. The van der Waals surface area contributed by atoms with Gasteiger partial charge in [0, 0.05) is 52.6 Å². The summed E-state index contributed by atoms with van der Waals surface area (Å²) in [5.41, 5.74) is 1.57. The van der Waals surface area contributed by atoms with Gasteiger partial charge < -0.3 is 43.5 Å². The van der Waals surface area contributed by atoms with Gasteiger partial charge in [-0.2, -0.15) is 0 Å². The van der Waals surface area contributed by atoms with E-state index < -0.39 is 84.1 Å². The fourth-order valence-corrected chi connectivity index (χ4v) is 10.3. The first-order chi connectivity index (χ1) is 30.4. The molecule has 5 rings (SSSR count). The molecule has 358 valence electrons. The number of Topliss-reactive ketones (excluding diaryl/α,β-unsaturated/α-hetero) is 3. The second kappa shape index (κ2) is 23.4. The minimum atomic E-state index is -2.41. The van der Waals surface area contributed by atoms with Crippen LogP contribution in [-0.2, 0) is 52.4 Å². The van der Waals surface area contributed by atoms with Gasteiger partial charge in [0.25, 0.3) is 11.7 Å². The highest BCUT2D eigenvalue weighted by atomic mass is 16.6. The lowest BCUT2D eigenvalue weighted by Crippen LogP contribution is -2.61. The summed E-state index contributed by atoms with van der Waals surface area (Å²) in [6, 6.07) is -1.12. The normalized spacial score (nSPS) is 41.3. The lowest BCUT2D eigenvalue weighted by molar-refractivity contribution is -0.265. The SMILES string of the molecule is COC1CC(C[C@@H](C)[C@@H]2CC(=O)C(C)/C=C(\C)[C@H]3OC(CC(C)/C=C/C=C/C=C(\C)[C@@H](OC)C[C@@H]4CCC(C)C(O)(O4)C(=O)C(=O)N4CCCCC4C(=O)O2)C(=O)C3OC)CC[C@H]1O. The van der Waals surface area contributed by atoms with E-state index in [4.69, 9.17) is 28.4 Å². The van der Waals surface area contributed by atoms with Crippen LogP contribution in [0.3, 0.4) is 0 Å². The molecule has 4 heterocycles. The summed E-state index contributed by atoms with van der Waals surface area (Å²) in [5.74, 6) is -7.13. The molecule has 0 aromatic carbocycles. The summed E-state index contributed by atoms with van der Waals surface area (Å²) in [5, 5.41) is 22.4. The Morgan fingerprint density at radius 3 is 2.33 bits per heavy atom. The Balaban J connectivity index is 1.47. The maximum absolute atomic E-state index is 14.4. The Labute approximate surface area is 380 Å². The van der Waals surface area contributed by atoms with E-state index in [-0.39, 0.29) is 54.8 Å². The van der Waals surface area contributed by atoms with Crippen molar-refractivity contribution in [3.8, 4) is 0 Å². The Bertz CT molecular complexity index is 1770. The van der Waals surface area contributed by atoms with E-state index in [0.29, 0.717) is 63.4 Å². The van der Waals surface area contributed by atoms with Crippen LogP contribution >= 0.6 is 0 Å². The number of esters is 1. The fraction of sp³-hybridized carbons (Fsp3) is 0.740. The maximum atomic E-state index is 14.4. The van der Waals surface area contributed by atoms with Gasteiger partial charge in [-0.3, -0.25) is 19.2 Å². The van der Waals surface area contributed by atoms with Crippen molar-refractivity contribution in [3.63, 3.8) is 0 Å². The van der Waals surface area contributed by atoms with Crippen molar-refractivity contribution in [1.29, 1.82) is 0 Å². The lowest BCUT2D eigenvalue weighted by Gasteiger charge is -2.42. The summed E-state index contributed by atoms with van der Waals surface area (Å²) in [6.45, 7) is 11.2. The zero-order valence-corrected chi connectivity index (χ0v) is 39.6. The van der Waals surface area contributed by atoms with Crippen molar-refractivity contribution in [1.82, 2.24) is 4.90 Å². The fourth-order valence-electron chi connectivity index (χ4n) is 10.3. The van der Waals surface area contributed by atoms with Gasteiger partial charge in [-0.05, 0) is 107 Å². The van der Waals surface area contributed by atoms with Gasteiger partial charge in [-0.1, -0.05) is 64.2 Å². The molecule has 14 nitrogen and oxygen atoms in total. The summed E-state index contributed by atoms with van der Waals surface area (Å²) >= 11 is 0. The molecule has 2 N–H and O–H groups in total. The smallest absolute Gasteiger partial charge is 0.329 e. The topological polar surface area (TPSA) is 184 Å². The number of hydrogen-bond donors (Lipinski definition) is 2. The van der Waals surface area contributed by atoms with Crippen LogP contribution in [-0.4, -0.2) is 133 Å². The average molecular weight is 898 g/mol. The monoisotopic (exact) mass is 898 g/mol. The molecule has 0 radical (unpaired) electrons. The van der Waals surface area contributed by atoms with E-state index in [2.05, 4.69) is 0 Å². The number of carbonyl (C=O) groups is 5. The molecule has 4 aliphatic heterocycles. The Kier molecular flexibility index (Phi) is 18.9. The van der Waals surface area contributed by atoms with Gasteiger partial charge in [0.15, 0.2) is 5.78 Å². The number of rotatable bonds is 6. The van der Waals surface area contributed by atoms with Crippen LogP contribution in [0.1, 0.15) is 119 Å². The number of nitrogens with zero attached hydrogens (tertiary/aromatic N) is 1. The largest absolute Gasteiger partial charge is 0.460 e. The summed E-state index contributed by atoms with van der Waals surface area (Å²) in [6.07, 6.45) is 11.9. The van der Waals surface area contributed by atoms with Gasteiger partial charge >= 0.3 is 5.97 Å². The van der Waals surface area contributed by atoms with E-state index in [1.807, 2.05) is 58.1 Å². The summed E-state index contributed by atoms with van der Waals surface area (Å²) < 4.78 is 35.9. The first-order valence-corrected chi connectivity index (χ1v) is 23.6. The zero-order valence-electron chi connectivity index (χ0n) is 39.6. The summed E-state index contributed by atoms with van der Waals surface area (Å²) in [4.78, 5) is 71.7. The van der Waals surface area contributed by atoms with Gasteiger partial charge in [-0.15, -0.1) is 0 Å². The first-order valence-electron chi connectivity index (χ1n) is 23.6. The molecular weight excluding hydrogens is 823 g/mol. The molecule has 15 atom stereocenters. The van der Waals surface area contributed by atoms with Crippen molar-refractivity contribution in [2.45, 2.75) is 179 Å². The van der Waals surface area contributed by atoms with Gasteiger partial charge in [0.1, 0.15) is 36.2 Å². The predicted octanol–water partition coefficient (Wildman–Crippen LogP) is 5.95. The van der Waals surface area contributed by atoms with E-state index in [0.717, 1.165) is 12.0 Å². The molecule has 9 unspecified atom stereocenters. The van der Waals surface area contributed by atoms with Gasteiger partial charge in [0.05, 0.1) is 24.4 Å². The second-order valence-corrected chi connectivity index (χ2v) is 19.3. The standard InChI is InChI=1S/C50H75NO13/c1-29-15-11-10-12-16-30(2)40(59-7)27-36-20-18-34(6)50(58,64-36)47(55)48(56)51-22-14-13-17-37(51)49(57)63-41(32(4)25-35-19-21-38(52)42(26-35)60-8)28-39(53)31(3)24-33(5)45-46(61-9)44(54)43(23-29)62-45/h10-12,15-16,24,29,31-32,34-38,40-43,45-46,52,58H,13-14,17-23,25-28H2,1-9H3/b12-10+,15-11+,30-16+,33-24+/t29?,31?,32-,34?,35?,36+,37?,38-,40+,41+,42?,43?,45-,46?,50?/m1/s1. The highest BCUT2D eigenvalue weighted by Crippen LogP contribution is 2.38. The molecule has 0 spiro atoms. The molecule has 3 saturated heterocycles. The van der Waals surface area contributed by atoms with Gasteiger partial charge in [0.2, 0.25) is 5.79 Å². The molecule has 4 bridgehead atoms. The number of aliphatic hydroxyl groups is 2. The molecule has 1 aliphatic carbocycles. The summed E-state index contributed by atoms with van der Waals surface area (Å²) in [7, 11) is 4.64. The van der Waals surface area contributed by atoms with Crippen LogP contribution in [0.2, 0.25) is 0 Å². The van der Waals surface area contributed by atoms with E-state index in [1.165, 1.54) is 12.0 Å². The van der Waals surface area contributed by atoms with E-state index >= 15 is 0 Å². The third-order valence-electron chi connectivity index (χ3n) is 14.5. The van der Waals surface area contributed by atoms with Crippen LogP contribution in [0.25, 0.3) is 0 Å². The predicted molar refractivity (Wildman–Crippen MR) is 239 cm³/mol. The van der Waals surface area contributed by atoms with Crippen LogP contribution in [0.15, 0.2) is 47.6 Å². The number of cyclic esters (lactones) is 1. The van der Waals surface area contributed by atoms with Gasteiger partial charge in [-0.25, -0.2) is 4.79 Å². The molecule has 0 aromatic heterocycles. The molecule has 14 heteroatoms.